The Labute approximate surface area is 120 Å². The summed E-state index contributed by atoms with van der Waals surface area (Å²) in [5.41, 5.74) is 1.47. The van der Waals surface area contributed by atoms with Gasteiger partial charge in [-0.3, -0.25) is 14.5 Å². The van der Waals surface area contributed by atoms with Gasteiger partial charge in [0.15, 0.2) is 6.61 Å². The average molecular weight is 326 g/mol. The molecule has 1 heterocycles. The predicted octanol–water partition coefficient (Wildman–Crippen LogP) is 2.53. The van der Waals surface area contributed by atoms with Crippen LogP contribution in [0.4, 0.5) is 0 Å². The van der Waals surface area contributed by atoms with Gasteiger partial charge in [0.25, 0.3) is 11.8 Å². The van der Waals surface area contributed by atoms with E-state index < -0.39 is 0 Å². The van der Waals surface area contributed by atoms with Crippen molar-refractivity contribution >= 4 is 27.7 Å². The maximum Gasteiger partial charge on any atom is 0.267 e. The normalized spacial score (nSPS) is 14.9. The highest BCUT2D eigenvalue weighted by Crippen LogP contribution is 2.24. The molecule has 0 bridgehead atoms. The molecule has 19 heavy (non-hydrogen) atoms. The Morgan fingerprint density at radius 2 is 2.11 bits per heavy atom. The van der Waals surface area contributed by atoms with Crippen LogP contribution in [0, 0.1) is 6.92 Å². The number of halogens is 1. The number of rotatable bonds is 4. The molecule has 1 aliphatic heterocycles. The van der Waals surface area contributed by atoms with E-state index in [0.29, 0.717) is 17.9 Å². The summed E-state index contributed by atoms with van der Waals surface area (Å²) in [6, 6.07) is 5.37. The summed E-state index contributed by atoms with van der Waals surface area (Å²) >= 11 is 3.34. The number of alkyl halides is 1. The van der Waals surface area contributed by atoms with Gasteiger partial charge in [-0.05, 0) is 37.5 Å². The Morgan fingerprint density at radius 3 is 2.84 bits per heavy atom. The number of aryl methyl sites for hydroxylation is 1. The van der Waals surface area contributed by atoms with E-state index in [1.807, 2.05) is 13.0 Å². The lowest BCUT2D eigenvalue weighted by Gasteiger charge is -2.17. The molecule has 4 nitrogen and oxygen atoms in total. The molecule has 0 spiro atoms. The first kappa shape index (κ1) is 14.1. The van der Waals surface area contributed by atoms with E-state index in [2.05, 4.69) is 15.9 Å². The van der Waals surface area contributed by atoms with Crippen molar-refractivity contribution in [3.8, 4) is 5.75 Å². The van der Waals surface area contributed by atoms with Crippen LogP contribution < -0.4 is 4.74 Å². The van der Waals surface area contributed by atoms with Crippen LogP contribution in [0.5, 0.6) is 5.75 Å². The van der Waals surface area contributed by atoms with Crippen molar-refractivity contribution in [2.75, 3.05) is 18.5 Å². The minimum absolute atomic E-state index is 0.0729. The first-order valence-corrected chi connectivity index (χ1v) is 7.39. The molecule has 0 fully saturated rings. The number of nitrogens with zero attached hydrogens (tertiary/aromatic N) is 1. The molecule has 102 valence electrons. The standard InChI is InChI=1S/C14H16BrNO3/c1-10-4-5-11-12(8-10)19-9-13(17)16(14(11)18)7-3-2-6-15/h4-5,8H,2-3,6-7,9H2,1H3. The van der Waals surface area contributed by atoms with Crippen molar-refractivity contribution < 1.29 is 14.3 Å². The van der Waals surface area contributed by atoms with Crippen molar-refractivity contribution in [1.82, 2.24) is 4.90 Å². The summed E-state index contributed by atoms with van der Waals surface area (Å²) < 4.78 is 5.43. The van der Waals surface area contributed by atoms with Gasteiger partial charge in [-0.15, -0.1) is 0 Å². The van der Waals surface area contributed by atoms with Gasteiger partial charge in [-0.25, -0.2) is 0 Å². The van der Waals surface area contributed by atoms with E-state index in [9.17, 15) is 9.59 Å². The molecule has 5 heteroatoms. The molecule has 0 saturated heterocycles. The van der Waals surface area contributed by atoms with Crippen molar-refractivity contribution in [1.29, 1.82) is 0 Å². The quantitative estimate of drug-likeness (QED) is 0.485. The molecule has 0 atom stereocenters. The van der Waals surface area contributed by atoms with Gasteiger partial charge in [0.1, 0.15) is 5.75 Å². The fourth-order valence-electron chi connectivity index (χ4n) is 1.99. The lowest BCUT2D eigenvalue weighted by molar-refractivity contribution is -0.130. The summed E-state index contributed by atoms with van der Waals surface area (Å²) in [5.74, 6) is -0.0261. The number of unbranched alkanes of at least 4 members (excludes halogenated alkanes) is 1. The fraction of sp³-hybridized carbons (Fsp3) is 0.429. The highest BCUT2D eigenvalue weighted by molar-refractivity contribution is 9.09. The molecule has 2 amide bonds. The number of ether oxygens (including phenoxy) is 1. The second-order valence-corrected chi connectivity index (χ2v) is 5.33. The molecule has 0 unspecified atom stereocenters. The monoisotopic (exact) mass is 325 g/mol. The fourth-order valence-corrected chi connectivity index (χ4v) is 2.39. The number of hydrogen-bond donors (Lipinski definition) is 0. The second-order valence-electron chi connectivity index (χ2n) is 4.53. The van der Waals surface area contributed by atoms with Crippen molar-refractivity contribution in [3.05, 3.63) is 29.3 Å². The maximum atomic E-state index is 12.4. The van der Waals surface area contributed by atoms with Crippen molar-refractivity contribution in [2.45, 2.75) is 19.8 Å². The number of carbonyl (C=O) groups is 2. The summed E-state index contributed by atoms with van der Waals surface area (Å²) in [4.78, 5) is 25.6. The second kappa shape index (κ2) is 6.19. The van der Waals surface area contributed by atoms with Gasteiger partial charge in [-0.2, -0.15) is 0 Å². The topological polar surface area (TPSA) is 46.6 Å². The average Bonchev–Trinajstić information content (AvgIpc) is 2.50. The zero-order chi connectivity index (χ0) is 13.8. The summed E-state index contributed by atoms with van der Waals surface area (Å²) in [6.45, 7) is 2.30. The van der Waals surface area contributed by atoms with E-state index in [1.54, 1.807) is 12.1 Å². The third kappa shape index (κ3) is 3.15. The van der Waals surface area contributed by atoms with Gasteiger partial charge in [0.2, 0.25) is 0 Å². The Bertz CT molecular complexity index is 501. The van der Waals surface area contributed by atoms with Crippen LogP contribution in [0.2, 0.25) is 0 Å². The van der Waals surface area contributed by atoms with Crippen LogP contribution in [0.15, 0.2) is 18.2 Å². The third-order valence-electron chi connectivity index (χ3n) is 3.03. The summed E-state index contributed by atoms with van der Waals surface area (Å²) in [5, 5.41) is 0.871. The maximum absolute atomic E-state index is 12.4. The first-order valence-electron chi connectivity index (χ1n) is 6.27. The van der Waals surface area contributed by atoms with E-state index >= 15 is 0 Å². The molecule has 0 saturated carbocycles. The predicted molar refractivity (Wildman–Crippen MR) is 75.7 cm³/mol. The minimum atomic E-state index is -0.270. The molecule has 1 aromatic carbocycles. The van der Waals surface area contributed by atoms with Gasteiger partial charge < -0.3 is 4.74 Å². The van der Waals surface area contributed by atoms with Crippen LogP contribution >= 0.6 is 15.9 Å². The van der Waals surface area contributed by atoms with E-state index in [4.69, 9.17) is 4.74 Å². The SMILES string of the molecule is Cc1ccc2c(c1)OCC(=O)N(CCCCBr)C2=O. The Hall–Kier alpha value is -1.36. The molecular formula is C14H16BrNO3. The smallest absolute Gasteiger partial charge is 0.267 e. The van der Waals surface area contributed by atoms with Crippen molar-refractivity contribution in [3.63, 3.8) is 0 Å². The molecule has 1 aliphatic rings. The van der Waals surface area contributed by atoms with Crippen LogP contribution in [-0.2, 0) is 4.79 Å². The van der Waals surface area contributed by atoms with Crippen LogP contribution in [0.3, 0.4) is 0 Å². The molecule has 0 radical (unpaired) electrons. The van der Waals surface area contributed by atoms with Gasteiger partial charge in [0, 0.05) is 11.9 Å². The minimum Gasteiger partial charge on any atom is -0.483 e. The number of imide groups is 1. The highest BCUT2D eigenvalue weighted by Gasteiger charge is 2.28. The molecule has 1 aromatic rings. The van der Waals surface area contributed by atoms with E-state index in [-0.39, 0.29) is 18.4 Å². The lowest BCUT2D eigenvalue weighted by atomic mass is 10.1. The molecule has 2 rings (SSSR count). The van der Waals surface area contributed by atoms with E-state index in [0.717, 1.165) is 23.7 Å². The Balaban J connectivity index is 2.24. The largest absolute Gasteiger partial charge is 0.483 e. The Morgan fingerprint density at radius 1 is 1.32 bits per heavy atom. The summed E-state index contributed by atoms with van der Waals surface area (Å²) in [6.07, 6.45) is 1.72. The number of benzene rings is 1. The van der Waals surface area contributed by atoms with Gasteiger partial charge in [-0.1, -0.05) is 22.0 Å². The van der Waals surface area contributed by atoms with Gasteiger partial charge in [0.05, 0.1) is 5.56 Å². The van der Waals surface area contributed by atoms with Crippen LogP contribution in [0.25, 0.3) is 0 Å². The van der Waals surface area contributed by atoms with Crippen molar-refractivity contribution in [2.24, 2.45) is 0 Å². The van der Waals surface area contributed by atoms with E-state index in [1.165, 1.54) is 4.90 Å². The highest BCUT2D eigenvalue weighted by atomic mass is 79.9. The zero-order valence-corrected chi connectivity index (χ0v) is 12.4. The first-order chi connectivity index (χ1) is 9.13. The molecule has 0 aliphatic carbocycles. The number of amides is 2. The number of fused-ring (bicyclic) bond motifs is 1. The Kier molecular flexibility index (Phi) is 4.58. The zero-order valence-electron chi connectivity index (χ0n) is 10.8. The molecular weight excluding hydrogens is 310 g/mol. The molecule has 0 N–H and O–H groups in total. The number of carbonyl (C=O) groups excluding carboxylic acids is 2. The third-order valence-corrected chi connectivity index (χ3v) is 3.59. The van der Waals surface area contributed by atoms with Crippen LogP contribution in [0.1, 0.15) is 28.8 Å². The van der Waals surface area contributed by atoms with Gasteiger partial charge >= 0.3 is 0 Å². The molecule has 0 aromatic heterocycles. The number of hydrogen-bond acceptors (Lipinski definition) is 3. The van der Waals surface area contributed by atoms with Crippen LogP contribution in [-0.4, -0.2) is 35.2 Å². The summed E-state index contributed by atoms with van der Waals surface area (Å²) in [7, 11) is 0. The lowest BCUT2D eigenvalue weighted by Crippen LogP contribution is -2.38.